The fraction of sp³-hybridized carbons (Fsp3) is 0.462. The summed E-state index contributed by atoms with van der Waals surface area (Å²) in [4.78, 5) is 13.3. The van der Waals surface area contributed by atoms with Crippen LogP contribution in [0.4, 0.5) is 4.39 Å². The Bertz CT molecular complexity index is 462. The second kappa shape index (κ2) is 4.94. The van der Waals surface area contributed by atoms with Crippen molar-refractivity contribution in [3.8, 4) is 5.75 Å². The van der Waals surface area contributed by atoms with Crippen LogP contribution < -0.4 is 4.74 Å². The fourth-order valence-corrected chi connectivity index (χ4v) is 2.01. The van der Waals surface area contributed by atoms with Gasteiger partial charge in [0.2, 0.25) is 0 Å². The number of nitrogens with zero attached hydrogens (tertiary/aromatic N) is 1. The molecule has 2 atom stereocenters. The molecule has 0 spiro atoms. The van der Waals surface area contributed by atoms with Gasteiger partial charge in [-0.05, 0) is 25.1 Å². The monoisotopic (exact) mass is 253 g/mol. The van der Waals surface area contributed by atoms with E-state index in [1.165, 1.54) is 25.1 Å². The molecule has 0 saturated carbocycles. The van der Waals surface area contributed by atoms with Crippen molar-refractivity contribution in [2.45, 2.75) is 25.6 Å². The van der Waals surface area contributed by atoms with Crippen molar-refractivity contribution < 1.29 is 19.0 Å². The molecule has 98 valence electrons. The van der Waals surface area contributed by atoms with Crippen LogP contribution in [0.1, 0.15) is 25.0 Å². The van der Waals surface area contributed by atoms with Crippen LogP contribution in [0.25, 0.3) is 0 Å². The smallest absolute Gasteiger partial charge is 0.263 e. The predicted molar refractivity (Wildman–Crippen MR) is 63.7 cm³/mol. The lowest BCUT2D eigenvalue weighted by Crippen LogP contribution is -2.29. The number of carbonyl (C=O) groups is 1. The number of amides is 1. The third-order valence-corrected chi connectivity index (χ3v) is 3.07. The van der Waals surface area contributed by atoms with Gasteiger partial charge in [0, 0.05) is 25.6 Å². The number of aliphatic hydroxyl groups is 1. The van der Waals surface area contributed by atoms with E-state index in [1.807, 2.05) is 0 Å². The number of carbonyl (C=O) groups excluding carboxylic acids is 1. The lowest BCUT2D eigenvalue weighted by atomic mass is 10.1. The van der Waals surface area contributed by atoms with Crippen molar-refractivity contribution in [3.05, 3.63) is 29.6 Å². The van der Waals surface area contributed by atoms with E-state index >= 15 is 0 Å². The summed E-state index contributed by atoms with van der Waals surface area (Å²) in [6, 6.07) is 3.93. The summed E-state index contributed by atoms with van der Waals surface area (Å²) in [5.74, 6) is -0.163. The van der Waals surface area contributed by atoms with Gasteiger partial charge in [0.05, 0.1) is 6.10 Å². The van der Waals surface area contributed by atoms with Crippen LogP contribution in [0, 0.1) is 5.82 Å². The molecular formula is C13H16FNO3. The van der Waals surface area contributed by atoms with Gasteiger partial charge >= 0.3 is 0 Å². The van der Waals surface area contributed by atoms with Crippen molar-refractivity contribution in [2.24, 2.45) is 0 Å². The van der Waals surface area contributed by atoms with E-state index in [0.717, 1.165) is 0 Å². The molecule has 1 amide bonds. The average molecular weight is 253 g/mol. The van der Waals surface area contributed by atoms with Crippen molar-refractivity contribution in [1.29, 1.82) is 0 Å². The largest absolute Gasteiger partial charge is 0.480 e. The molecule has 18 heavy (non-hydrogen) atoms. The summed E-state index contributed by atoms with van der Waals surface area (Å²) in [7, 11) is 1.71. The molecule has 1 fully saturated rings. The molecular weight excluding hydrogens is 237 g/mol. The Kier molecular flexibility index (Phi) is 3.52. The van der Waals surface area contributed by atoms with Crippen LogP contribution in [0.2, 0.25) is 0 Å². The van der Waals surface area contributed by atoms with Gasteiger partial charge in [0.15, 0.2) is 6.10 Å². The first-order chi connectivity index (χ1) is 8.49. The second-order valence-corrected chi connectivity index (χ2v) is 4.51. The molecule has 1 aliphatic rings. The topological polar surface area (TPSA) is 49.8 Å². The summed E-state index contributed by atoms with van der Waals surface area (Å²) in [6.45, 7) is 2.18. The highest BCUT2D eigenvalue weighted by molar-refractivity contribution is 5.83. The van der Waals surface area contributed by atoms with Crippen molar-refractivity contribution >= 4 is 5.91 Å². The molecule has 1 heterocycles. The zero-order valence-electron chi connectivity index (χ0n) is 10.4. The quantitative estimate of drug-likeness (QED) is 0.887. The Morgan fingerprint density at radius 3 is 2.83 bits per heavy atom. The van der Waals surface area contributed by atoms with Gasteiger partial charge in [-0.3, -0.25) is 4.79 Å². The van der Waals surface area contributed by atoms with Gasteiger partial charge in [0.1, 0.15) is 11.6 Å². The minimum Gasteiger partial charge on any atom is -0.480 e. The number of hydrogen-bond donors (Lipinski definition) is 1. The Hall–Kier alpha value is -1.62. The molecule has 5 heteroatoms. The lowest BCUT2D eigenvalue weighted by Gasteiger charge is -2.17. The molecule has 0 radical (unpaired) electrons. The number of ether oxygens (including phenoxy) is 1. The van der Waals surface area contributed by atoms with E-state index in [4.69, 9.17) is 4.74 Å². The Morgan fingerprint density at radius 2 is 2.28 bits per heavy atom. The van der Waals surface area contributed by atoms with Gasteiger partial charge in [0.25, 0.3) is 5.91 Å². The molecule has 0 aliphatic carbocycles. The zero-order valence-corrected chi connectivity index (χ0v) is 10.4. The minimum absolute atomic E-state index is 0.0872. The molecule has 0 aromatic heterocycles. The highest BCUT2D eigenvalue weighted by Gasteiger charge is 2.31. The standard InChI is InChI=1S/C13H16FNO3/c1-8(16)10-7-9(14)3-4-11(10)18-12-5-6-15(2)13(12)17/h3-4,7-8,12,16H,5-6H2,1-2H3. The van der Waals surface area contributed by atoms with E-state index < -0.39 is 18.0 Å². The van der Waals surface area contributed by atoms with Crippen molar-refractivity contribution in [3.63, 3.8) is 0 Å². The molecule has 4 nitrogen and oxygen atoms in total. The maximum absolute atomic E-state index is 13.1. The molecule has 2 rings (SSSR count). The first kappa shape index (κ1) is 12.8. The number of rotatable bonds is 3. The lowest BCUT2D eigenvalue weighted by molar-refractivity contribution is -0.132. The molecule has 1 aromatic rings. The van der Waals surface area contributed by atoms with E-state index in [-0.39, 0.29) is 5.91 Å². The molecule has 1 aliphatic heterocycles. The van der Waals surface area contributed by atoms with Crippen LogP contribution in [-0.4, -0.2) is 35.6 Å². The van der Waals surface area contributed by atoms with Gasteiger partial charge in [-0.15, -0.1) is 0 Å². The van der Waals surface area contributed by atoms with E-state index in [1.54, 1.807) is 11.9 Å². The maximum atomic E-state index is 13.1. The first-order valence-corrected chi connectivity index (χ1v) is 5.88. The maximum Gasteiger partial charge on any atom is 0.263 e. The summed E-state index contributed by atoms with van der Waals surface area (Å²) < 4.78 is 18.7. The van der Waals surface area contributed by atoms with Gasteiger partial charge in [-0.1, -0.05) is 0 Å². The third-order valence-electron chi connectivity index (χ3n) is 3.07. The first-order valence-electron chi connectivity index (χ1n) is 5.88. The van der Waals surface area contributed by atoms with Crippen LogP contribution in [0.15, 0.2) is 18.2 Å². The summed E-state index contributed by atoms with van der Waals surface area (Å²) in [6.07, 6.45) is -0.783. The Morgan fingerprint density at radius 1 is 1.56 bits per heavy atom. The number of likely N-dealkylation sites (N-methyl/N-ethyl adjacent to an activating group) is 1. The number of likely N-dealkylation sites (tertiary alicyclic amines) is 1. The minimum atomic E-state index is -0.843. The summed E-state index contributed by atoms with van der Waals surface area (Å²) in [5, 5.41) is 9.58. The number of aliphatic hydroxyl groups excluding tert-OH is 1. The van der Waals surface area contributed by atoms with Crippen LogP contribution >= 0.6 is 0 Å². The predicted octanol–water partition coefficient (Wildman–Crippen LogP) is 1.49. The molecule has 1 aromatic carbocycles. The van der Waals surface area contributed by atoms with Crippen LogP contribution in [0.3, 0.4) is 0 Å². The highest BCUT2D eigenvalue weighted by atomic mass is 19.1. The molecule has 2 unspecified atom stereocenters. The summed E-state index contributed by atoms with van der Waals surface area (Å²) in [5.41, 5.74) is 0.359. The number of hydrogen-bond acceptors (Lipinski definition) is 3. The van der Waals surface area contributed by atoms with Crippen LogP contribution in [0.5, 0.6) is 5.75 Å². The second-order valence-electron chi connectivity index (χ2n) is 4.51. The molecule has 0 bridgehead atoms. The Balaban J connectivity index is 2.21. The van der Waals surface area contributed by atoms with E-state index in [0.29, 0.717) is 24.3 Å². The van der Waals surface area contributed by atoms with Gasteiger partial charge < -0.3 is 14.7 Å². The molecule has 1 saturated heterocycles. The highest BCUT2D eigenvalue weighted by Crippen LogP contribution is 2.28. The van der Waals surface area contributed by atoms with Gasteiger partial charge in [-0.25, -0.2) is 4.39 Å². The summed E-state index contributed by atoms with van der Waals surface area (Å²) >= 11 is 0. The van der Waals surface area contributed by atoms with Crippen LogP contribution in [-0.2, 0) is 4.79 Å². The number of benzene rings is 1. The average Bonchev–Trinajstić information content (AvgIpc) is 2.63. The van der Waals surface area contributed by atoms with E-state index in [9.17, 15) is 14.3 Å². The van der Waals surface area contributed by atoms with Crippen molar-refractivity contribution in [1.82, 2.24) is 4.90 Å². The molecule has 1 N–H and O–H groups in total. The zero-order chi connectivity index (χ0) is 13.3. The van der Waals surface area contributed by atoms with Crippen molar-refractivity contribution in [2.75, 3.05) is 13.6 Å². The van der Waals surface area contributed by atoms with Gasteiger partial charge in [-0.2, -0.15) is 0 Å². The third kappa shape index (κ3) is 2.46. The fourth-order valence-electron chi connectivity index (χ4n) is 2.01. The number of halogens is 1. The Labute approximate surface area is 105 Å². The SMILES string of the molecule is CC(O)c1cc(F)ccc1OC1CCN(C)C1=O. The normalized spacial score (nSPS) is 21.2. The van der Waals surface area contributed by atoms with E-state index in [2.05, 4.69) is 0 Å².